The third-order valence-corrected chi connectivity index (χ3v) is 2.26. The summed E-state index contributed by atoms with van der Waals surface area (Å²) in [6.07, 6.45) is 3.49. The summed E-state index contributed by atoms with van der Waals surface area (Å²) in [5.74, 6) is 1.64. The van der Waals surface area contributed by atoms with Crippen molar-refractivity contribution in [3.8, 4) is 11.5 Å². The van der Waals surface area contributed by atoms with Crippen LogP contribution < -0.4 is 4.74 Å². The topological polar surface area (TPSA) is 22.1 Å². The van der Waals surface area contributed by atoms with Gasteiger partial charge in [0.2, 0.25) is 0 Å². The zero-order valence-electron chi connectivity index (χ0n) is 9.18. The molecule has 80 valence electrons. The molecule has 0 saturated heterocycles. The molecule has 16 heavy (non-hydrogen) atoms. The lowest BCUT2D eigenvalue weighted by Gasteiger charge is -2.08. The summed E-state index contributed by atoms with van der Waals surface area (Å²) >= 11 is 0. The highest BCUT2D eigenvalue weighted by atomic mass is 16.5. The van der Waals surface area contributed by atoms with E-state index in [2.05, 4.69) is 11.6 Å². The molecule has 2 rings (SSSR count). The van der Waals surface area contributed by atoms with Gasteiger partial charge in [-0.1, -0.05) is 24.8 Å². The molecule has 0 atom stereocenters. The second-order valence-electron chi connectivity index (χ2n) is 3.49. The van der Waals surface area contributed by atoms with E-state index in [-0.39, 0.29) is 0 Å². The average molecular weight is 211 g/mol. The van der Waals surface area contributed by atoms with E-state index in [0.29, 0.717) is 0 Å². The number of para-hydroxylation sites is 1. The Morgan fingerprint density at radius 2 is 2.00 bits per heavy atom. The molecule has 1 heterocycles. The maximum absolute atomic E-state index is 5.76. The summed E-state index contributed by atoms with van der Waals surface area (Å²) in [6.45, 7) is 5.66. The number of nitrogens with zero attached hydrogens (tertiary/aromatic N) is 1. The quantitative estimate of drug-likeness (QED) is 0.769. The first-order valence-corrected chi connectivity index (χ1v) is 5.11. The van der Waals surface area contributed by atoms with Crippen molar-refractivity contribution < 1.29 is 4.74 Å². The number of rotatable bonds is 3. The molecule has 2 heteroatoms. The van der Waals surface area contributed by atoms with Crippen LogP contribution in [0.2, 0.25) is 0 Å². The average Bonchev–Trinajstić information content (AvgIpc) is 2.33. The monoisotopic (exact) mass is 211 g/mol. The summed E-state index contributed by atoms with van der Waals surface area (Å²) in [4.78, 5) is 4.20. The second kappa shape index (κ2) is 4.62. The number of aromatic nitrogens is 1. The van der Waals surface area contributed by atoms with E-state index in [1.807, 2.05) is 43.3 Å². The Balaban J connectivity index is 2.30. The fraction of sp³-hybridized carbons (Fsp3) is 0.0714. The zero-order valence-corrected chi connectivity index (χ0v) is 9.18. The smallest absolute Gasteiger partial charge is 0.134 e. The van der Waals surface area contributed by atoms with Crippen molar-refractivity contribution in [1.29, 1.82) is 0 Å². The van der Waals surface area contributed by atoms with Gasteiger partial charge in [-0.15, -0.1) is 0 Å². The van der Waals surface area contributed by atoms with Crippen LogP contribution in [0, 0.1) is 6.92 Å². The molecule has 0 bridgehead atoms. The van der Waals surface area contributed by atoms with Crippen LogP contribution in [0.4, 0.5) is 0 Å². The van der Waals surface area contributed by atoms with Gasteiger partial charge in [-0.25, -0.2) is 0 Å². The first-order chi connectivity index (χ1) is 7.79. The van der Waals surface area contributed by atoms with Gasteiger partial charge in [0.05, 0.1) is 5.69 Å². The molecule has 0 radical (unpaired) electrons. The van der Waals surface area contributed by atoms with E-state index < -0.39 is 0 Å². The van der Waals surface area contributed by atoms with E-state index >= 15 is 0 Å². The molecule has 0 amide bonds. The Bertz CT molecular complexity index is 491. The van der Waals surface area contributed by atoms with Crippen LogP contribution in [0.1, 0.15) is 11.3 Å². The summed E-state index contributed by atoms with van der Waals surface area (Å²) in [7, 11) is 0. The standard InChI is InChI=1S/C14H13NO/c1-3-12-9-14(11(2)10-15-12)16-13-7-5-4-6-8-13/h3-10H,1H2,2H3. The van der Waals surface area contributed by atoms with Gasteiger partial charge in [0, 0.05) is 17.8 Å². The summed E-state index contributed by atoms with van der Waals surface area (Å²) in [5.41, 5.74) is 1.82. The molecular weight excluding hydrogens is 198 g/mol. The number of benzene rings is 1. The summed E-state index contributed by atoms with van der Waals surface area (Å²) in [5, 5.41) is 0. The number of ether oxygens (including phenoxy) is 1. The molecule has 0 aliphatic carbocycles. The van der Waals surface area contributed by atoms with Crippen molar-refractivity contribution >= 4 is 6.08 Å². The molecule has 2 nitrogen and oxygen atoms in total. The van der Waals surface area contributed by atoms with Crippen molar-refractivity contribution in [2.45, 2.75) is 6.92 Å². The van der Waals surface area contributed by atoms with Crippen LogP contribution in [0.25, 0.3) is 6.08 Å². The van der Waals surface area contributed by atoms with Crippen LogP contribution in [0.5, 0.6) is 11.5 Å². The highest BCUT2D eigenvalue weighted by Gasteiger charge is 2.02. The first kappa shape index (κ1) is 10.4. The van der Waals surface area contributed by atoms with Gasteiger partial charge in [-0.2, -0.15) is 0 Å². The molecular formula is C14H13NO. The van der Waals surface area contributed by atoms with E-state index in [9.17, 15) is 0 Å². The van der Waals surface area contributed by atoms with E-state index in [1.165, 1.54) is 0 Å². The maximum atomic E-state index is 5.76. The minimum Gasteiger partial charge on any atom is -0.457 e. The Hall–Kier alpha value is -2.09. The highest BCUT2D eigenvalue weighted by molar-refractivity contribution is 5.47. The van der Waals surface area contributed by atoms with E-state index in [1.54, 1.807) is 12.3 Å². The lowest BCUT2D eigenvalue weighted by atomic mass is 10.2. The van der Waals surface area contributed by atoms with Crippen LogP contribution in [-0.2, 0) is 0 Å². The Labute approximate surface area is 95.2 Å². The van der Waals surface area contributed by atoms with Crippen LogP contribution >= 0.6 is 0 Å². The van der Waals surface area contributed by atoms with Gasteiger partial charge in [0.25, 0.3) is 0 Å². The lowest BCUT2D eigenvalue weighted by molar-refractivity contribution is 0.478. The molecule has 1 aromatic carbocycles. The Morgan fingerprint density at radius 3 is 2.69 bits per heavy atom. The molecule has 0 aliphatic heterocycles. The SMILES string of the molecule is C=Cc1cc(Oc2ccccc2)c(C)cn1. The largest absolute Gasteiger partial charge is 0.457 e. The van der Waals surface area contributed by atoms with Gasteiger partial charge in [-0.3, -0.25) is 4.98 Å². The third kappa shape index (κ3) is 2.28. The number of hydrogen-bond acceptors (Lipinski definition) is 2. The number of aryl methyl sites for hydroxylation is 1. The Kier molecular flexibility index (Phi) is 3.01. The zero-order chi connectivity index (χ0) is 11.4. The van der Waals surface area contributed by atoms with Gasteiger partial charge in [-0.05, 0) is 25.1 Å². The van der Waals surface area contributed by atoms with Crippen molar-refractivity contribution in [3.05, 3.63) is 60.4 Å². The summed E-state index contributed by atoms with van der Waals surface area (Å²) in [6, 6.07) is 11.6. The fourth-order valence-electron chi connectivity index (χ4n) is 1.36. The van der Waals surface area contributed by atoms with E-state index in [4.69, 9.17) is 4.74 Å². The van der Waals surface area contributed by atoms with E-state index in [0.717, 1.165) is 22.8 Å². The minimum atomic E-state index is 0.816. The maximum Gasteiger partial charge on any atom is 0.134 e. The normalized spacial score (nSPS) is 9.81. The molecule has 0 fully saturated rings. The lowest BCUT2D eigenvalue weighted by Crippen LogP contribution is -1.90. The van der Waals surface area contributed by atoms with Crippen LogP contribution in [0.15, 0.2) is 49.2 Å². The third-order valence-electron chi connectivity index (χ3n) is 2.26. The fourth-order valence-corrected chi connectivity index (χ4v) is 1.36. The molecule has 0 spiro atoms. The number of hydrogen-bond donors (Lipinski definition) is 0. The van der Waals surface area contributed by atoms with Gasteiger partial charge < -0.3 is 4.74 Å². The predicted molar refractivity (Wildman–Crippen MR) is 65.6 cm³/mol. The number of pyridine rings is 1. The molecule has 2 aromatic rings. The molecule has 0 saturated carbocycles. The highest BCUT2D eigenvalue weighted by Crippen LogP contribution is 2.24. The minimum absolute atomic E-state index is 0.816. The van der Waals surface area contributed by atoms with Gasteiger partial charge in [0.15, 0.2) is 0 Å². The predicted octanol–water partition coefficient (Wildman–Crippen LogP) is 3.83. The summed E-state index contributed by atoms with van der Waals surface area (Å²) < 4.78 is 5.76. The molecule has 0 aliphatic rings. The molecule has 0 unspecified atom stereocenters. The molecule has 0 N–H and O–H groups in total. The first-order valence-electron chi connectivity index (χ1n) is 5.11. The van der Waals surface area contributed by atoms with Crippen molar-refractivity contribution in [3.63, 3.8) is 0 Å². The van der Waals surface area contributed by atoms with Crippen molar-refractivity contribution in [2.75, 3.05) is 0 Å². The van der Waals surface area contributed by atoms with Gasteiger partial charge in [0.1, 0.15) is 11.5 Å². The van der Waals surface area contributed by atoms with Crippen molar-refractivity contribution in [1.82, 2.24) is 4.98 Å². The Morgan fingerprint density at radius 1 is 1.25 bits per heavy atom. The van der Waals surface area contributed by atoms with Gasteiger partial charge >= 0.3 is 0 Å². The second-order valence-corrected chi connectivity index (χ2v) is 3.49. The molecule has 1 aromatic heterocycles. The van der Waals surface area contributed by atoms with Crippen LogP contribution in [-0.4, -0.2) is 4.98 Å². The van der Waals surface area contributed by atoms with Crippen molar-refractivity contribution in [2.24, 2.45) is 0 Å². The van der Waals surface area contributed by atoms with Crippen LogP contribution in [0.3, 0.4) is 0 Å².